The molecule has 1 aliphatic carbocycles. The molecule has 4 nitrogen and oxygen atoms in total. The fourth-order valence-electron chi connectivity index (χ4n) is 3.77. The molecule has 1 saturated carbocycles. The average molecular weight is 293 g/mol. The monoisotopic (exact) mass is 293 g/mol. The average Bonchev–Trinajstić information content (AvgIpc) is 2.85. The van der Waals surface area contributed by atoms with Crippen molar-refractivity contribution in [3.05, 3.63) is 29.8 Å². The molecule has 2 atom stereocenters. The van der Waals surface area contributed by atoms with E-state index in [0.29, 0.717) is 30.2 Å². The van der Waals surface area contributed by atoms with Crippen LogP contribution in [0.1, 0.15) is 24.8 Å². The molecule has 2 aliphatic heterocycles. The van der Waals surface area contributed by atoms with Gasteiger partial charge in [-0.1, -0.05) is 17.7 Å². The Morgan fingerprint density at radius 1 is 1.20 bits per heavy atom. The number of benzene rings is 1. The quantitative estimate of drug-likeness (QED) is 0.783. The normalized spacial score (nSPS) is 36.5. The van der Waals surface area contributed by atoms with Crippen molar-refractivity contribution in [3.63, 3.8) is 0 Å². The van der Waals surface area contributed by atoms with E-state index in [1.54, 1.807) is 16.4 Å². The topological polar surface area (TPSA) is 49.9 Å². The highest BCUT2D eigenvalue weighted by atomic mass is 32.2. The summed E-state index contributed by atoms with van der Waals surface area (Å²) in [4.78, 5) is 0.416. The molecule has 0 amide bonds. The van der Waals surface area contributed by atoms with E-state index in [1.807, 2.05) is 19.1 Å². The van der Waals surface area contributed by atoms with Gasteiger partial charge in [0.2, 0.25) is 10.0 Å². The van der Waals surface area contributed by atoms with E-state index < -0.39 is 10.0 Å². The molecule has 3 fully saturated rings. The summed E-state index contributed by atoms with van der Waals surface area (Å²) in [7, 11) is -3.33. The number of ether oxygens (including phenoxy) is 1. The van der Waals surface area contributed by atoms with Crippen LogP contribution in [0.5, 0.6) is 0 Å². The van der Waals surface area contributed by atoms with Crippen LogP contribution in [-0.4, -0.2) is 38.0 Å². The van der Waals surface area contributed by atoms with Crippen LogP contribution in [0, 0.1) is 12.3 Å². The molecule has 2 heterocycles. The first-order valence-electron chi connectivity index (χ1n) is 7.21. The van der Waals surface area contributed by atoms with Gasteiger partial charge in [0.1, 0.15) is 0 Å². The van der Waals surface area contributed by atoms with E-state index in [2.05, 4.69) is 0 Å². The number of epoxide rings is 1. The molecule has 1 aromatic rings. The molecule has 0 bridgehead atoms. The second-order valence-electron chi connectivity index (χ2n) is 6.52. The van der Waals surface area contributed by atoms with Crippen molar-refractivity contribution in [1.29, 1.82) is 0 Å². The molecule has 4 rings (SSSR count). The van der Waals surface area contributed by atoms with Gasteiger partial charge in [0.25, 0.3) is 0 Å². The lowest BCUT2D eigenvalue weighted by Gasteiger charge is -2.25. The van der Waals surface area contributed by atoms with Crippen LogP contribution >= 0.6 is 0 Å². The van der Waals surface area contributed by atoms with Crippen molar-refractivity contribution in [3.8, 4) is 0 Å². The Kier molecular flexibility index (Phi) is 2.60. The number of fused-ring (bicyclic) bond motifs is 1. The van der Waals surface area contributed by atoms with Gasteiger partial charge in [0, 0.05) is 13.1 Å². The molecule has 2 unspecified atom stereocenters. The number of hydrogen-bond acceptors (Lipinski definition) is 3. The number of rotatable bonds is 2. The molecule has 2 saturated heterocycles. The Morgan fingerprint density at radius 3 is 2.50 bits per heavy atom. The summed E-state index contributed by atoms with van der Waals surface area (Å²) in [6, 6.07) is 7.14. The van der Waals surface area contributed by atoms with E-state index in [9.17, 15) is 8.42 Å². The number of aryl methyl sites for hydroxylation is 1. The minimum Gasteiger partial charge on any atom is -0.370 e. The molecular formula is C15H19NO3S. The molecule has 1 spiro atoms. The van der Waals surface area contributed by atoms with Gasteiger partial charge in [0.15, 0.2) is 0 Å². The summed E-state index contributed by atoms with van der Waals surface area (Å²) in [5, 5.41) is 0. The van der Waals surface area contributed by atoms with Crippen molar-refractivity contribution in [2.75, 3.05) is 13.1 Å². The standard InChI is InChI=1S/C15H19NO3S/c1-11-2-4-12(5-3-11)20(17,18)16-7-6-15(10-16)8-13-14(9-15)19-13/h2-5,13-14H,6-10H2,1H3. The summed E-state index contributed by atoms with van der Waals surface area (Å²) in [6.45, 7) is 3.28. The van der Waals surface area contributed by atoms with Gasteiger partial charge in [-0.15, -0.1) is 0 Å². The van der Waals surface area contributed by atoms with Gasteiger partial charge in [-0.05, 0) is 43.7 Å². The Bertz CT molecular complexity index is 628. The van der Waals surface area contributed by atoms with Gasteiger partial charge in [-0.3, -0.25) is 0 Å². The lowest BCUT2D eigenvalue weighted by atomic mass is 9.85. The van der Waals surface area contributed by atoms with Crippen molar-refractivity contribution >= 4 is 10.0 Å². The zero-order valence-electron chi connectivity index (χ0n) is 11.6. The lowest BCUT2D eigenvalue weighted by Crippen LogP contribution is -2.32. The fraction of sp³-hybridized carbons (Fsp3) is 0.600. The van der Waals surface area contributed by atoms with Crippen LogP contribution in [0.2, 0.25) is 0 Å². The van der Waals surface area contributed by atoms with Gasteiger partial charge < -0.3 is 4.74 Å². The van der Waals surface area contributed by atoms with E-state index in [-0.39, 0.29) is 5.41 Å². The molecule has 3 aliphatic rings. The second kappa shape index (κ2) is 4.06. The van der Waals surface area contributed by atoms with E-state index in [4.69, 9.17) is 4.74 Å². The first-order chi connectivity index (χ1) is 9.48. The Balaban J connectivity index is 1.57. The van der Waals surface area contributed by atoms with Crippen molar-refractivity contribution < 1.29 is 13.2 Å². The second-order valence-corrected chi connectivity index (χ2v) is 8.46. The highest BCUT2D eigenvalue weighted by molar-refractivity contribution is 7.89. The smallest absolute Gasteiger partial charge is 0.243 e. The first kappa shape index (κ1) is 12.8. The maximum absolute atomic E-state index is 12.7. The third-order valence-electron chi connectivity index (χ3n) is 5.02. The van der Waals surface area contributed by atoms with Crippen LogP contribution in [0.25, 0.3) is 0 Å². The third kappa shape index (κ3) is 1.91. The lowest BCUT2D eigenvalue weighted by molar-refractivity contribution is 0.186. The molecular weight excluding hydrogens is 274 g/mol. The number of sulfonamides is 1. The summed E-state index contributed by atoms with van der Waals surface area (Å²) >= 11 is 0. The molecule has 20 heavy (non-hydrogen) atoms. The van der Waals surface area contributed by atoms with Crippen LogP contribution < -0.4 is 0 Å². The van der Waals surface area contributed by atoms with Crippen LogP contribution in [0.4, 0.5) is 0 Å². The SMILES string of the molecule is Cc1ccc(S(=O)(=O)N2CCC3(CC4OC4C3)C2)cc1. The molecule has 1 aromatic carbocycles. The van der Waals surface area contributed by atoms with E-state index in [1.165, 1.54) is 0 Å². The van der Waals surface area contributed by atoms with Gasteiger partial charge in [0.05, 0.1) is 17.1 Å². The van der Waals surface area contributed by atoms with Crippen molar-refractivity contribution in [2.45, 2.75) is 43.3 Å². The molecule has 108 valence electrons. The maximum atomic E-state index is 12.7. The van der Waals surface area contributed by atoms with E-state index >= 15 is 0 Å². The van der Waals surface area contributed by atoms with E-state index in [0.717, 1.165) is 24.8 Å². The molecule has 5 heteroatoms. The Labute approximate surface area is 119 Å². The minimum atomic E-state index is -3.33. The van der Waals surface area contributed by atoms with Crippen LogP contribution in [0.3, 0.4) is 0 Å². The number of hydrogen-bond donors (Lipinski definition) is 0. The number of nitrogens with zero attached hydrogens (tertiary/aromatic N) is 1. The van der Waals surface area contributed by atoms with Crippen molar-refractivity contribution in [2.24, 2.45) is 5.41 Å². The van der Waals surface area contributed by atoms with Crippen LogP contribution in [-0.2, 0) is 14.8 Å². The van der Waals surface area contributed by atoms with Crippen LogP contribution in [0.15, 0.2) is 29.2 Å². The molecule has 0 aromatic heterocycles. The first-order valence-corrected chi connectivity index (χ1v) is 8.65. The Morgan fingerprint density at radius 2 is 1.85 bits per heavy atom. The van der Waals surface area contributed by atoms with Crippen molar-refractivity contribution in [1.82, 2.24) is 4.31 Å². The largest absolute Gasteiger partial charge is 0.370 e. The molecule has 0 N–H and O–H groups in total. The predicted molar refractivity (Wildman–Crippen MR) is 74.9 cm³/mol. The molecule has 0 radical (unpaired) electrons. The van der Waals surface area contributed by atoms with Gasteiger partial charge in [-0.2, -0.15) is 4.31 Å². The highest BCUT2D eigenvalue weighted by Gasteiger charge is 2.58. The van der Waals surface area contributed by atoms with Gasteiger partial charge in [-0.25, -0.2) is 8.42 Å². The Hall–Kier alpha value is -0.910. The predicted octanol–water partition coefficient (Wildman–Crippen LogP) is 1.94. The minimum absolute atomic E-state index is 0.186. The zero-order valence-corrected chi connectivity index (χ0v) is 12.4. The zero-order chi connectivity index (χ0) is 14.0. The maximum Gasteiger partial charge on any atom is 0.243 e. The summed E-state index contributed by atoms with van der Waals surface area (Å²) in [5.41, 5.74) is 1.26. The summed E-state index contributed by atoms with van der Waals surface area (Å²) < 4.78 is 32.5. The van der Waals surface area contributed by atoms with Gasteiger partial charge >= 0.3 is 0 Å². The fourth-order valence-corrected chi connectivity index (χ4v) is 5.32. The summed E-state index contributed by atoms with van der Waals surface area (Å²) in [5.74, 6) is 0. The highest BCUT2D eigenvalue weighted by Crippen LogP contribution is 2.54. The summed E-state index contributed by atoms with van der Waals surface area (Å²) in [6.07, 6.45) is 3.89. The third-order valence-corrected chi connectivity index (χ3v) is 6.88.